The topological polar surface area (TPSA) is 110 Å². The molecule has 0 bridgehead atoms. The fraction of sp³-hybridized carbons (Fsp3) is 0.321. The van der Waals surface area contributed by atoms with Crippen molar-refractivity contribution in [1.82, 2.24) is 24.8 Å². The molecule has 0 unspecified atom stereocenters. The standard InChI is InChI=1S/C28H31N7O3/c1-4-33-11-13-34(14-12-33)18-21-5-8-25(31-16-21)32-28(36)38-24-7-6-22(26-27(24)30-10-9-29-26)23-15-19(2)17-35(37)20(23)3/h5-10,15-17H,4,11-14,18H2,1-3H3,(H,31,32,36). The third kappa shape index (κ3) is 5.56. The number of aryl methyl sites for hydroxylation is 1. The Morgan fingerprint density at radius 1 is 1.00 bits per heavy atom. The van der Waals surface area contributed by atoms with Gasteiger partial charge in [0.25, 0.3) is 0 Å². The second kappa shape index (κ2) is 11.1. The molecule has 38 heavy (non-hydrogen) atoms. The number of likely N-dealkylation sites (N-methyl/N-ethyl adjacent to an activating group) is 1. The summed E-state index contributed by atoms with van der Waals surface area (Å²) in [5.41, 5.74) is 4.91. The first-order valence-electron chi connectivity index (χ1n) is 12.7. The molecule has 0 spiro atoms. The van der Waals surface area contributed by atoms with Gasteiger partial charge in [-0.05, 0) is 43.3 Å². The predicted octanol–water partition coefficient (Wildman–Crippen LogP) is 3.69. The maximum Gasteiger partial charge on any atom is 0.418 e. The van der Waals surface area contributed by atoms with E-state index in [-0.39, 0.29) is 5.75 Å². The fourth-order valence-corrected chi connectivity index (χ4v) is 4.72. The molecule has 1 N–H and O–H groups in total. The number of hydrogen-bond acceptors (Lipinski definition) is 8. The van der Waals surface area contributed by atoms with Crippen molar-refractivity contribution in [3.63, 3.8) is 0 Å². The Hall–Kier alpha value is -4.15. The first-order chi connectivity index (χ1) is 18.4. The molecular weight excluding hydrogens is 482 g/mol. The number of nitrogens with zero attached hydrogens (tertiary/aromatic N) is 6. The number of amides is 1. The van der Waals surface area contributed by atoms with E-state index in [0.717, 1.165) is 66.3 Å². The molecule has 4 aromatic rings. The van der Waals surface area contributed by atoms with Gasteiger partial charge in [-0.1, -0.05) is 13.0 Å². The Balaban J connectivity index is 1.28. The quantitative estimate of drug-likeness (QED) is 0.307. The molecule has 1 aliphatic heterocycles. The molecule has 0 radical (unpaired) electrons. The molecule has 196 valence electrons. The van der Waals surface area contributed by atoms with Crippen LogP contribution in [0.5, 0.6) is 5.75 Å². The highest BCUT2D eigenvalue weighted by Gasteiger charge is 2.19. The van der Waals surface area contributed by atoms with Gasteiger partial charge < -0.3 is 14.8 Å². The van der Waals surface area contributed by atoms with Crippen molar-refractivity contribution in [1.29, 1.82) is 0 Å². The lowest BCUT2D eigenvalue weighted by Crippen LogP contribution is -2.45. The highest BCUT2D eigenvalue weighted by molar-refractivity contribution is 5.97. The zero-order valence-corrected chi connectivity index (χ0v) is 21.8. The van der Waals surface area contributed by atoms with Crippen LogP contribution in [0.25, 0.3) is 22.2 Å². The number of hydrogen-bond donors (Lipinski definition) is 1. The van der Waals surface area contributed by atoms with Crippen molar-refractivity contribution in [2.75, 3.05) is 38.0 Å². The summed E-state index contributed by atoms with van der Waals surface area (Å²) in [6.45, 7) is 12.0. The van der Waals surface area contributed by atoms with Crippen LogP contribution in [0.2, 0.25) is 0 Å². The number of pyridine rings is 2. The Bertz CT molecular complexity index is 1450. The van der Waals surface area contributed by atoms with Crippen molar-refractivity contribution in [2.45, 2.75) is 27.3 Å². The van der Waals surface area contributed by atoms with Crippen LogP contribution < -0.4 is 14.8 Å². The lowest BCUT2D eigenvalue weighted by Gasteiger charge is -2.33. The largest absolute Gasteiger partial charge is 0.618 e. The zero-order chi connectivity index (χ0) is 26.6. The van der Waals surface area contributed by atoms with E-state index >= 15 is 0 Å². The van der Waals surface area contributed by atoms with Gasteiger partial charge in [0, 0.05) is 69.4 Å². The van der Waals surface area contributed by atoms with Gasteiger partial charge in [0.05, 0.1) is 5.56 Å². The normalized spacial score (nSPS) is 14.5. The van der Waals surface area contributed by atoms with Crippen molar-refractivity contribution < 1.29 is 14.3 Å². The van der Waals surface area contributed by atoms with E-state index in [9.17, 15) is 10.0 Å². The number of benzene rings is 1. The summed E-state index contributed by atoms with van der Waals surface area (Å²) >= 11 is 0. The maximum atomic E-state index is 12.7. The van der Waals surface area contributed by atoms with E-state index in [4.69, 9.17) is 4.74 Å². The van der Waals surface area contributed by atoms with Gasteiger partial charge in [0.1, 0.15) is 16.9 Å². The molecular formula is C28H31N7O3. The summed E-state index contributed by atoms with van der Waals surface area (Å²) < 4.78 is 6.44. The molecule has 4 heterocycles. The molecule has 3 aromatic heterocycles. The molecule has 1 amide bonds. The minimum Gasteiger partial charge on any atom is -0.618 e. The smallest absolute Gasteiger partial charge is 0.418 e. The number of ether oxygens (including phenoxy) is 1. The van der Waals surface area contributed by atoms with E-state index in [1.165, 1.54) is 12.4 Å². The fourth-order valence-electron chi connectivity index (χ4n) is 4.72. The monoisotopic (exact) mass is 513 g/mol. The van der Waals surface area contributed by atoms with Crippen molar-refractivity contribution in [3.8, 4) is 16.9 Å². The summed E-state index contributed by atoms with van der Waals surface area (Å²) in [7, 11) is 0. The number of anilines is 1. The third-order valence-electron chi connectivity index (χ3n) is 6.87. The van der Waals surface area contributed by atoms with Crippen LogP contribution in [0.4, 0.5) is 10.6 Å². The molecule has 1 aliphatic rings. The third-order valence-corrected chi connectivity index (χ3v) is 6.87. The van der Waals surface area contributed by atoms with Crippen LogP contribution in [-0.4, -0.2) is 63.6 Å². The first-order valence-corrected chi connectivity index (χ1v) is 12.7. The number of carbonyl (C=O) groups excluding carboxylic acids is 1. The number of carbonyl (C=O) groups is 1. The number of piperazine rings is 1. The predicted molar refractivity (Wildman–Crippen MR) is 145 cm³/mol. The van der Waals surface area contributed by atoms with Crippen molar-refractivity contribution >= 4 is 22.9 Å². The van der Waals surface area contributed by atoms with Gasteiger partial charge in [-0.2, -0.15) is 4.73 Å². The highest BCUT2D eigenvalue weighted by Crippen LogP contribution is 2.33. The van der Waals surface area contributed by atoms with Crippen LogP contribution in [0.3, 0.4) is 0 Å². The zero-order valence-electron chi connectivity index (χ0n) is 21.8. The van der Waals surface area contributed by atoms with Crippen LogP contribution in [0, 0.1) is 19.1 Å². The Kier molecular flexibility index (Phi) is 7.43. The second-order valence-corrected chi connectivity index (χ2v) is 9.48. The van der Waals surface area contributed by atoms with E-state index in [1.807, 2.05) is 19.1 Å². The van der Waals surface area contributed by atoms with Gasteiger partial charge in [-0.15, -0.1) is 0 Å². The molecule has 0 aliphatic carbocycles. The number of fused-ring (bicyclic) bond motifs is 1. The minimum atomic E-state index is -0.676. The van der Waals surface area contributed by atoms with Crippen molar-refractivity contribution in [2.24, 2.45) is 0 Å². The van der Waals surface area contributed by atoms with Crippen LogP contribution >= 0.6 is 0 Å². The van der Waals surface area contributed by atoms with E-state index in [0.29, 0.717) is 22.5 Å². The highest BCUT2D eigenvalue weighted by atomic mass is 16.6. The van der Waals surface area contributed by atoms with Gasteiger partial charge in [0.15, 0.2) is 17.6 Å². The number of aromatic nitrogens is 4. The molecule has 1 fully saturated rings. The maximum absolute atomic E-state index is 12.7. The van der Waals surface area contributed by atoms with E-state index < -0.39 is 6.09 Å². The van der Waals surface area contributed by atoms with E-state index in [1.54, 1.807) is 37.5 Å². The molecule has 10 heteroatoms. The molecule has 1 aromatic carbocycles. The summed E-state index contributed by atoms with van der Waals surface area (Å²) in [5.74, 6) is 0.662. The molecule has 0 atom stereocenters. The van der Waals surface area contributed by atoms with E-state index in [2.05, 4.69) is 37.0 Å². The summed E-state index contributed by atoms with van der Waals surface area (Å²) in [6.07, 6.45) is 5.74. The lowest BCUT2D eigenvalue weighted by molar-refractivity contribution is -0.612. The Morgan fingerprint density at radius 2 is 1.74 bits per heavy atom. The lowest BCUT2D eigenvalue weighted by atomic mass is 10.0. The summed E-state index contributed by atoms with van der Waals surface area (Å²) in [5, 5.41) is 15.0. The average Bonchev–Trinajstić information content (AvgIpc) is 2.92. The Labute approximate surface area is 221 Å². The van der Waals surface area contributed by atoms with Gasteiger partial charge in [-0.3, -0.25) is 15.2 Å². The minimum absolute atomic E-state index is 0.262. The number of rotatable bonds is 6. The van der Waals surface area contributed by atoms with Gasteiger partial charge >= 0.3 is 6.09 Å². The molecule has 5 rings (SSSR count). The molecule has 1 saturated heterocycles. The second-order valence-electron chi connectivity index (χ2n) is 9.48. The first kappa shape index (κ1) is 25.5. The molecule has 0 saturated carbocycles. The van der Waals surface area contributed by atoms with Crippen LogP contribution in [-0.2, 0) is 6.54 Å². The van der Waals surface area contributed by atoms with Crippen molar-refractivity contribution in [3.05, 3.63) is 77.1 Å². The van der Waals surface area contributed by atoms with Crippen LogP contribution in [0.1, 0.15) is 23.7 Å². The SMILES string of the molecule is CCN1CCN(Cc2ccc(NC(=O)Oc3ccc(-c4cc(C)c[n+]([O-])c4C)c4nccnc34)nc2)CC1. The van der Waals surface area contributed by atoms with Gasteiger partial charge in [0.2, 0.25) is 0 Å². The Morgan fingerprint density at radius 3 is 2.45 bits per heavy atom. The van der Waals surface area contributed by atoms with Crippen LogP contribution in [0.15, 0.2) is 55.1 Å². The number of nitrogens with one attached hydrogen (secondary N) is 1. The molecule has 10 nitrogen and oxygen atoms in total. The summed E-state index contributed by atoms with van der Waals surface area (Å²) in [6, 6.07) is 9.13. The average molecular weight is 514 g/mol. The van der Waals surface area contributed by atoms with Gasteiger partial charge in [-0.25, -0.2) is 14.8 Å². The summed E-state index contributed by atoms with van der Waals surface area (Å²) in [4.78, 5) is 30.8.